The van der Waals surface area contributed by atoms with E-state index in [0.717, 1.165) is 38.6 Å². The number of nitrogens with two attached hydrogens (primary N) is 1. The molecule has 0 aliphatic carbocycles. The Balaban J connectivity index is 2.99. The monoisotopic (exact) mass is 226 g/mol. The summed E-state index contributed by atoms with van der Waals surface area (Å²) in [5.74, 6) is 0. The molecule has 0 aromatic heterocycles. The van der Waals surface area contributed by atoms with Gasteiger partial charge in [0.1, 0.15) is 0 Å². The lowest BCUT2D eigenvalue weighted by molar-refractivity contribution is -0.133. The Hall–Kier alpha value is -0.290. The predicted molar refractivity (Wildman–Crippen MR) is 55.7 cm³/mol. The van der Waals surface area contributed by atoms with Gasteiger partial charge in [-0.05, 0) is 25.9 Å². The van der Waals surface area contributed by atoms with E-state index in [1.807, 2.05) is 0 Å². The van der Waals surface area contributed by atoms with Gasteiger partial charge in [-0.15, -0.1) is 0 Å². The lowest BCUT2D eigenvalue weighted by Gasteiger charge is -2.07. The average Bonchev–Trinajstić information content (AvgIpc) is 2.14. The van der Waals surface area contributed by atoms with Crippen molar-refractivity contribution in [2.45, 2.75) is 44.7 Å². The zero-order valence-electron chi connectivity index (χ0n) is 9.08. The Kier molecular flexibility index (Phi) is 8.80. The molecule has 0 aromatic rings. The second-order valence-corrected chi connectivity index (χ2v) is 3.67. The molecule has 0 aliphatic heterocycles. The molecule has 0 heterocycles. The number of alkyl halides is 3. The highest BCUT2D eigenvalue weighted by molar-refractivity contribution is 4.55. The van der Waals surface area contributed by atoms with Crippen molar-refractivity contribution < 1.29 is 13.2 Å². The summed E-state index contributed by atoms with van der Waals surface area (Å²) in [6.07, 6.45) is 0.536. The molecule has 0 saturated carbocycles. The fourth-order valence-electron chi connectivity index (χ4n) is 1.28. The Morgan fingerprint density at radius 1 is 0.867 bits per heavy atom. The van der Waals surface area contributed by atoms with Gasteiger partial charge >= 0.3 is 6.18 Å². The van der Waals surface area contributed by atoms with Crippen molar-refractivity contribution in [2.24, 2.45) is 5.73 Å². The molecule has 92 valence electrons. The van der Waals surface area contributed by atoms with Gasteiger partial charge in [0.15, 0.2) is 0 Å². The molecule has 0 aliphatic rings. The van der Waals surface area contributed by atoms with Crippen LogP contribution in [-0.2, 0) is 0 Å². The van der Waals surface area contributed by atoms with E-state index in [-0.39, 0.29) is 6.54 Å². The van der Waals surface area contributed by atoms with E-state index >= 15 is 0 Å². The van der Waals surface area contributed by atoms with E-state index in [4.69, 9.17) is 5.73 Å². The Morgan fingerprint density at radius 3 is 2.07 bits per heavy atom. The molecule has 0 unspecified atom stereocenters. The maximum absolute atomic E-state index is 11.7. The van der Waals surface area contributed by atoms with Crippen LogP contribution in [0, 0.1) is 0 Å². The number of rotatable bonds is 9. The average molecular weight is 226 g/mol. The molecular formula is C10H21F3N2. The third-order valence-electron chi connectivity index (χ3n) is 2.14. The van der Waals surface area contributed by atoms with Crippen LogP contribution in [0.3, 0.4) is 0 Å². The molecule has 5 heteroatoms. The lowest BCUT2D eigenvalue weighted by Crippen LogP contribution is -2.22. The van der Waals surface area contributed by atoms with Gasteiger partial charge in [0.05, 0.1) is 6.42 Å². The zero-order chi connectivity index (χ0) is 11.6. The summed E-state index contributed by atoms with van der Waals surface area (Å²) in [4.78, 5) is 0. The van der Waals surface area contributed by atoms with E-state index in [1.165, 1.54) is 0 Å². The summed E-state index contributed by atoms with van der Waals surface area (Å²) in [7, 11) is 0. The highest BCUT2D eigenvalue weighted by Crippen LogP contribution is 2.18. The molecule has 0 bridgehead atoms. The smallest absolute Gasteiger partial charge is 0.330 e. The minimum absolute atomic E-state index is 0.0340. The lowest BCUT2D eigenvalue weighted by atomic mass is 10.1. The zero-order valence-corrected chi connectivity index (χ0v) is 9.08. The van der Waals surface area contributed by atoms with E-state index in [0.29, 0.717) is 6.54 Å². The molecule has 0 saturated heterocycles. The first-order chi connectivity index (χ1) is 7.06. The third kappa shape index (κ3) is 13.7. The molecule has 3 N–H and O–H groups in total. The van der Waals surface area contributed by atoms with Crippen LogP contribution in [-0.4, -0.2) is 25.8 Å². The molecule has 0 fully saturated rings. The van der Waals surface area contributed by atoms with Crippen LogP contribution in [0.4, 0.5) is 13.2 Å². The van der Waals surface area contributed by atoms with Crippen LogP contribution in [0.1, 0.15) is 38.5 Å². The molecule has 0 aromatic carbocycles. The van der Waals surface area contributed by atoms with Crippen molar-refractivity contribution in [2.75, 3.05) is 19.6 Å². The first-order valence-corrected chi connectivity index (χ1v) is 5.54. The highest BCUT2D eigenvalue weighted by atomic mass is 19.4. The first-order valence-electron chi connectivity index (χ1n) is 5.54. The van der Waals surface area contributed by atoms with E-state index in [1.54, 1.807) is 0 Å². The molecule has 0 spiro atoms. The van der Waals surface area contributed by atoms with Crippen molar-refractivity contribution in [3.8, 4) is 0 Å². The Labute approximate surface area is 89.4 Å². The Morgan fingerprint density at radius 2 is 1.47 bits per heavy atom. The van der Waals surface area contributed by atoms with Crippen LogP contribution < -0.4 is 11.1 Å². The van der Waals surface area contributed by atoms with Crippen molar-refractivity contribution in [1.82, 2.24) is 5.32 Å². The number of nitrogens with one attached hydrogen (secondary N) is 1. The summed E-state index contributed by atoms with van der Waals surface area (Å²) < 4.78 is 35.2. The molecule has 0 radical (unpaired) electrons. The summed E-state index contributed by atoms with van der Waals surface area (Å²) in [5.41, 5.74) is 5.33. The topological polar surface area (TPSA) is 38.0 Å². The fourth-order valence-corrected chi connectivity index (χ4v) is 1.28. The number of unbranched alkanes of at least 4 members (excludes halogenated alkanes) is 4. The summed E-state index contributed by atoms with van der Waals surface area (Å²) in [6.45, 7) is 1.44. The first kappa shape index (κ1) is 14.7. The minimum atomic E-state index is -4.03. The fraction of sp³-hybridized carbons (Fsp3) is 1.00. The van der Waals surface area contributed by atoms with Gasteiger partial charge in [-0.25, -0.2) is 0 Å². The summed E-state index contributed by atoms with van der Waals surface area (Å²) >= 11 is 0. The maximum atomic E-state index is 11.7. The van der Waals surface area contributed by atoms with Crippen LogP contribution in [0.2, 0.25) is 0 Å². The standard InChI is InChI=1S/C10H21F3N2/c11-10(12,13)6-9-15-8-5-3-1-2-4-7-14/h15H,1-9,14H2. The van der Waals surface area contributed by atoms with Gasteiger partial charge in [0.25, 0.3) is 0 Å². The number of halogens is 3. The van der Waals surface area contributed by atoms with Crippen LogP contribution >= 0.6 is 0 Å². The SMILES string of the molecule is NCCCCCCCNCCC(F)(F)F. The highest BCUT2D eigenvalue weighted by Gasteiger charge is 2.25. The summed E-state index contributed by atoms with van der Waals surface area (Å²) in [5, 5.41) is 2.79. The van der Waals surface area contributed by atoms with Crippen molar-refractivity contribution in [1.29, 1.82) is 0 Å². The predicted octanol–water partition coefficient (Wildman–Crippen LogP) is 2.44. The van der Waals surface area contributed by atoms with E-state index in [2.05, 4.69) is 5.32 Å². The van der Waals surface area contributed by atoms with Crippen molar-refractivity contribution in [3.05, 3.63) is 0 Å². The van der Waals surface area contributed by atoms with Gasteiger partial charge in [0.2, 0.25) is 0 Å². The van der Waals surface area contributed by atoms with E-state index in [9.17, 15) is 13.2 Å². The van der Waals surface area contributed by atoms with Gasteiger partial charge < -0.3 is 11.1 Å². The van der Waals surface area contributed by atoms with Crippen LogP contribution in [0.25, 0.3) is 0 Å². The molecule has 0 rings (SSSR count). The maximum Gasteiger partial charge on any atom is 0.390 e. The minimum Gasteiger partial charge on any atom is -0.330 e. The molecule has 0 amide bonds. The molecule has 0 atom stereocenters. The van der Waals surface area contributed by atoms with Gasteiger partial charge in [0, 0.05) is 6.54 Å². The quantitative estimate of drug-likeness (QED) is 0.593. The van der Waals surface area contributed by atoms with Crippen LogP contribution in [0.5, 0.6) is 0 Å². The summed E-state index contributed by atoms with van der Waals surface area (Å²) in [6, 6.07) is 0. The Bertz CT molecular complexity index is 137. The molecular weight excluding hydrogens is 205 g/mol. The van der Waals surface area contributed by atoms with Gasteiger partial charge in [-0.3, -0.25) is 0 Å². The molecule has 2 nitrogen and oxygen atoms in total. The van der Waals surface area contributed by atoms with Gasteiger partial charge in [-0.1, -0.05) is 19.3 Å². The van der Waals surface area contributed by atoms with Crippen LogP contribution in [0.15, 0.2) is 0 Å². The van der Waals surface area contributed by atoms with Crippen molar-refractivity contribution in [3.63, 3.8) is 0 Å². The third-order valence-corrected chi connectivity index (χ3v) is 2.14. The second-order valence-electron chi connectivity index (χ2n) is 3.67. The normalized spacial score (nSPS) is 12.0. The van der Waals surface area contributed by atoms with Gasteiger partial charge in [-0.2, -0.15) is 13.2 Å². The molecule has 15 heavy (non-hydrogen) atoms. The largest absolute Gasteiger partial charge is 0.390 e. The van der Waals surface area contributed by atoms with Crippen molar-refractivity contribution >= 4 is 0 Å². The number of hydrogen-bond donors (Lipinski definition) is 2. The number of hydrogen-bond acceptors (Lipinski definition) is 2. The van der Waals surface area contributed by atoms with E-state index < -0.39 is 12.6 Å². The second kappa shape index (κ2) is 8.97.